The van der Waals surface area contributed by atoms with E-state index in [2.05, 4.69) is 22.4 Å². The van der Waals surface area contributed by atoms with Crippen LogP contribution in [0.1, 0.15) is 18.1 Å². The number of rotatable bonds is 3. The van der Waals surface area contributed by atoms with Gasteiger partial charge in [0.05, 0.1) is 11.7 Å². The SMILES string of the molecule is C[C@@H](Cc1ccccc1)N=C1C(=O)Nc2ccccc21. The lowest BCUT2D eigenvalue weighted by molar-refractivity contribution is -0.110. The maximum atomic E-state index is 12.0. The maximum Gasteiger partial charge on any atom is 0.274 e. The second kappa shape index (κ2) is 5.29. The highest BCUT2D eigenvalue weighted by Gasteiger charge is 2.25. The number of fused-ring (bicyclic) bond motifs is 1. The molecule has 100 valence electrons. The van der Waals surface area contributed by atoms with Crippen molar-refractivity contribution in [2.45, 2.75) is 19.4 Å². The summed E-state index contributed by atoms with van der Waals surface area (Å²) >= 11 is 0. The fourth-order valence-corrected chi connectivity index (χ4v) is 2.45. The Bertz CT molecular complexity index is 662. The molecule has 3 rings (SSSR count). The number of aliphatic imine (C=N–C) groups is 1. The van der Waals surface area contributed by atoms with Crippen molar-refractivity contribution in [3.63, 3.8) is 0 Å². The molecule has 1 atom stereocenters. The van der Waals surface area contributed by atoms with Crippen LogP contribution in [-0.4, -0.2) is 17.7 Å². The molecule has 1 N–H and O–H groups in total. The summed E-state index contributed by atoms with van der Waals surface area (Å²) in [5.41, 5.74) is 3.53. The van der Waals surface area contributed by atoms with Crippen LogP contribution in [0.5, 0.6) is 0 Å². The number of anilines is 1. The number of hydrogen-bond donors (Lipinski definition) is 1. The van der Waals surface area contributed by atoms with Crippen LogP contribution in [0.25, 0.3) is 0 Å². The summed E-state index contributed by atoms with van der Waals surface area (Å²) in [5.74, 6) is -0.105. The van der Waals surface area contributed by atoms with Crippen LogP contribution in [0.3, 0.4) is 0 Å². The fourth-order valence-electron chi connectivity index (χ4n) is 2.45. The van der Waals surface area contributed by atoms with Crippen molar-refractivity contribution in [3.8, 4) is 0 Å². The van der Waals surface area contributed by atoms with Gasteiger partial charge in [-0.25, -0.2) is 0 Å². The molecule has 0 aromatic heterocycles. The number of carbonyl (C=O) groups is 1. The van der Waals surface area contributed by atoms with Crippen LogP contribution in [0.4, 0.5) is 5.69 Å². The van der Waals surface area contributed by atoms with E-state index in [9.17, 15) is 4.79 Å². The summed E-state index contributed by atoms with van der Waals surface area (Å²) in [5, 5.41) is 2.85. The quantitative estimate of drug-likeness (QED) is 0.909. The molecule has 20 heavy (non-hydrogen) atoms. The Kier molecular flexibility index (Phi) is 3.33. The van der Waals surface area contributed by atoms with E-state index in [1.165, 1.54) is 5.56 Å². The number of para-hydroxylation sites is 1. The number of benzene rings is 2. The van der Waals surface area contributed by atoms with Gasteiger partial charge in [0.15, 0.2) is 0 Å². The molecule has 0 aliphatic carbocycles. The van der Waals surface area contributed by atoms with Crippen LogP contribution in [0.2, 0.25) is 0 Å². The van der Waals surface area contributed by atoms with Crippen molar-refractivity contribution >= 4 is 17.3 Å². The predicted molar refractivity (Wildman–Crippen MR) is 81.2 cm³/mol. The van der Waals surface area contributed by atoms with E-state index in [0.29, 0.717) is 5.71 Å². The molecule has 1 aliphatic rings. The third-order valence-corrected chi connectivity index (χ3v) is 3.37. The molecule has 2 aromatic carbocycles. The first-order chi connectivity index (χ1) is 9.74. The van der Waals surface area contributed by atoms with Crippen LogP contribution in [0.15, 0.2) is 59.6 Å². The van der Waals surface area contributed by atoms with Crippen molar-refractivity contribution in [2.75, 3.05) is 5.32 Å². The van der Waals surface area contributed by atoms with Gasteiger partial charge in [-0.15, -0.1) is 0 Å². The molecule has 3 nitrogen and oxygen atoms in total. The molecule has 3 heteroatoms. The molecule has 0 saturated carbocycles. The molecule has 1 amide bonds. The summed E-state index contributed by atoms with van der Waals surface area (Å²) in [6.07, 6.45) is 0.833. The molecule has 0 fully saturated rings. The molecule has 0 spiro atoms. The van der Waals surface area contributed by atoms with Crippen molar-refractivity contribution in [1.29, 1.82) is 0 Å². The largest absolute Gasteiger partial charge is 0.320 e. The summed E-state index contributed by atoms with van der Waals surface area (Å²) in [7, 11) is 0. The topological polar surface area (TPSA) is 41.5 Å². The summed E-state index contributed by atoms with van der Waals surface area (Å²) in [4.78, 5) is 16.6. The zero-order valence-electron chi connectivity index (χ0n) is 11.3. The van der Waals surface area contributed by atoms with Crippen molar-refractivity contribution < 1.29 is 4.79 Å². The third-order valence-electron chi connectivity index (χ3n) is 3.37. The van der Waals surface area contributed by atoms with E-state index in [1.807, 2.05) is 49.4 Å². The minimum atomic E-state index is -0.105. The van der Waals surface area contributed by atoms with Crippen molar-refractivity contribution in [3.05, 3.63) is 65.7 Å². The fraction of sp³-hybridized carbons (Fsp3) is 0.176. The van der Waals surface area contributed by atoms with Crippen LogP contribution in [0, 0.1) is 0 Å². The standard InChI is InChI=1S/C17H16N2O/c1-12(11-13-7-3-2-4-8-13)18-16-14-9-5-6-10-15(14)19-17(16)20/h2-10,12H,11H2,1H3,(H,18,19,20)/t12-/m0/s1. The van der Waals surface area contributed by atoms with Gasteiger partial charge in [-0.3, -0.25) is 9.79 Å². The lowest BCUT2D eigenvalue weighted by Gasteiger charge is -2.07. The van der Waals surface area contributed by atoms with E-state index in [0.717, 1.165) is 17.7 Å². The number of nitrogens with one attached hydrogen (secondary N) is 1. The van der Waals surface area contributed by atoms with Gasteiger partial charge < -0.3 is 5.32 Å². The van der Waals surface area contributed by atoms with Gasteiger partial charge in [0.25, 0.3) is 5.91 Å². The second-order valence-electron chi connectivity index (χ2n) is 5.02. The Hall–Kier alpha value is -2.42. The summed E-state index contributed by atoms with van der Waals surface area (Å²) in [6, 6.07) is 18.0. The molecule has 1 heterocycles. The highest BCUT2D eigenvalue weighted by Crippen LogP contribution is 2.23. The predicted octanol–water partition coefficient (Wildman–Crippen LogP) is 3.06. The molecular formula is C17H16N2O. The summed E-state index contributed by atoms with van der Waals surface area (Å²) in [6.45, 7) is 2.04. The van der Waals surface area contributed by atoms with E-state index in [-0.39, 0.29) is 11.9 Å². The van der Waals surface area contributed by atoms with E-state index < -0.39 is 0 Å². The average molecular weight is 264 g/mol. The van der Waals surface area contributed by atoms with E-state index in [4.69, 9.17) is 0 Å². The maximum absolute atomic E-state index is 12.0. The molecule has 0 radical (unpaired) electrons. The van der Waals surface area contributed by atoms with Gasteiger partial charge in [-0.2, -0.15) is 0 Å². The van der Waals surface area contributed by atoms with E-state index >= 15 is 0 Å². The van der Waals surface area contributed by atoms with Crippen molar-refractivity contribution in [1.82, 2.24) is 0 Å². The number of amides is 1. The zero-order valence-corrected chi connectivity index (χ0v) is 11.3. The Labute approximate surface area is 118 Å². The average Bonchev–Trinajstić information content (AvgIpc) is 2.76. The number of hydrogen-bond acceptors (Lipinski definition) is 2. The highest BCUT2D eigenvalue weighted by atomic mass is 16.2. The monoisotopic (exact) mass is 264 g/mol. The molecule has 0 bridgehead atoms. The molecule has 1 aliphatic heterocycles. The van der Waals surface area contributed by atoms with Gasteiger partial charge in [0.1, 0.15) is 5.71 Å². The highest BCUT2D eigenvalue weighted by molar-refractivity contribution is 6.53. The lowest BCUT2D eigenvalue weighted by atomic mass is 10.1. The van der Waals surface area contributed by atoms with Crippen molar-refractivity contribution in [2.24, 2.45) is 4.99 Å². The van der Waals surface area contributed by atoms with Gasteiger partial charge in [-0.1, -0.05) is 48.5 Å². The first-order valence-electron chi connectivity index (χ1n) is 6.76. The first kappa shape index (κ1) is 12.6. The van der Waals surface area contributed by atoms with Crippen LogP contribution >= 0.6 is 0 Å². The Morgan fingerprint density at radius 2 is 1.75 bits per heavy atom. The third kappa shape index (κ3) is 2.48. The second-order valence-corrected chi connectivity index (χ2v) is 5.02. The number of nitrogens with zero attached hydrogens (tertiary/aromatic N) is 1. The van der Waals surface area contributed by atoms with Gasteiger partial charge >= 0.3 is 0 Å². The van der Waals surface area contributed by atoms with E-state index in [1.54, 1.807) is 0 Å². The molecule has 0 saturated heterocycles. The zero-order chi connectivity index (χ0) is 13.9. The van der Waals surface area contributed by atoms with Gasteiger partial charge in [-0.05, 0) is 25.0 Å². The Morgan fingerprint density at radius 3 is 2.55 bits per heavy atom. The van der Waals surface area contributed by atoms with Gasteiger partial charge in [0, 0.05) is 5.56 Å². The molecule has 0 unspecified atom stereocenters. The first-order valence-corrected chi connectivity index (χ1v) is 6.76. The summed E-state index contributed by atoms with van der Waals surface area (Å²) < 4.78 is 0. The minimum Gasteiger partial charge on any atom is -0.320 e. The number of carbonyl (C=O) groups excluding carboxylic acids is 1. The van der Waals surface area contributed by atoms with Crippen LogP contribution in [-0.2, 0) is 11.2 Å². The Balaban J connectivity index is 1.83. The Morgan fingerprint density at radius 1 is 1.05 bits per heavy atom. The molecule has 2 aromatic rings. The molecular weight excluding hydrogens is 248 g/mol. The van der Waals surface area contributed by atoms with Crippen LogP contribution < -0.4 is 5.32 Å². The normalized spacial score (nSPS) is 16.9. The minimum absolute atomic E-state index is 0.0734. The smallest absolute Gasteiger partial charge is 0.274 e. The lowest BCUT2D eigenvalue weighted by Crippen LogP contribution is -2.17. The van der Waals surface area contributed by atoms with Gasteiger partial charge in [0.2, 0.25) is 0 Å².